The largest absolute Gasteiger partial charge is 0.489 e. The minimum atomic E-state index is -0.850. The zero-order chi connectivity index (χ0) is 15.2. The van der Waals surface area contributed by atoms with Crippen LogP contribution < -0.4 is 15.8 Å². The molecule has 0 saturated heterocycles. The number of nitrogen functional groups attached to an aromatic ring is 1. The topological polar surface area (TPSA) is 76.7 Å². The van der Waals surface area contributed by atoms with E-state index in [2.05, 4.69) is 5.32 Å². The van der Waals surface area contributed by atoms with E-state index in [0.717, 1.165) is 5.69 Å². The highest BCUT2D eigenvalue weighted by molar-refractivity contribution is 5.73. The molecule has 0 aliphatic heterocycles. The maximum absolute atomic E-state index is 10.2. The average molecular weight is 282 g/mol. The fourth-order valence-electron chi connectivity index (χ4n) is 1.75. The number of hydrogen-bond acceptors (Lipinski definition) is 5. The summed E-state index contributed by atoms with van der Waals surface area (Å²) in [5, 5.41) is 13.4. The van der Waals surface area contributed by atoms with E-state index in [1.807, 2.05) is 32.0 Å². The van der Waals surface area contributed by atoms with E-state index in [1.165, 1.54) is 0 Å². The summed E-state index contributed by atoms with van der Waals surface area (Å²) in [5.41, 5.74) is 6.54. The molecule has 1 atom stereocenters. The van der Waals surface area contributed by atoms with Gasteiger partial charge in [-0.05, 0) is 32.9 Å². The maximum Gasteiger partial charge on any atom is 0.144 e. The zero-order valence-corrected chi connectivity index (χ0v) is 12.8. The van der Waals surface area contributed by atoms with Gasteiger partial charge in [0.1, 0.15) is 5.75 Å². The predicted molar refractivity (Wildman–Crippen MR) is 82.2 cm³/mol. The van der Waals surface area contributed by atoms with Gasteiger partial charge in [0.05, 0.1) is 23.1 Å². The molecule has 4 N–H and O–H groups in total. The SMILES string of the molecule is COCCC(C)(O)CNc1cccc(OC(C)C)c1N. The van der Waals surface area contributed by atoms with Gasteiger partial charge in [-0.1, -0.05) is 6.07 Å². The zero-order valence-electron chi connectivity index (χ0n) is 12.8. The lowest BCUT2D eigenvalue weighted by Crippen LogP contribution is -2.34. The smallest absolute Gasteiger partial charge is 0.144 e. The Morgan fingerprint density at radius 3 is 2.70 bits per heavy atom. The fraction of sp³-hybridized carbons (Fsp3) is 0.600. The molecule has 20 heavy (non-hydrogen) atoms. The molecule has 0 spiro atoms. The van der Waals surface area contributed by atoms with Crippen molar-refractivity contribution in [2.45, 2.75) is 38.9 Å². The van der Waals surface area contributed by atoms with Gasteiger partial charge in [0.2, 0.25) is 0 Å². The molecule has 114 valence electrons. The summed E-state index contributed by atoms with van der Waals surface area (Å²) in [5.74, 6) is 0.654. The Morgan fingerprint density at radius 1 is 1.40 bits per heavy atom. The van der Waals surface area contributed by atoms with Crippen LogP contribution in [0.5, 0.6) is 5.75 Å². The van der Waals surface area contributed by atoms with Gasteiger partial charge in [-0.3, -0.25) is 0 Å². The second kappa shape index (κ2) is 7.36. The maximum atomic E-state index is 10.2. The Hall–Kier alpha value is -1.46. The molecule has 5 nitrogen and oxygen atoms in total. The highest BCUT2D eigenvalue weighted by atomic mass is 16.5. The first kappa shape index (κ1) is 16.6. The van der Waals surface area contributed by atoms with Crippen LogP contribution in [0.2, 0.25) is 0 Å². The third kappa shape index (κ3) is 5.27. The summed E-state index contributed by atoms with van der Waals surface area (Å²) < 4.78 is 10.6. The molecule has 0 radical (unpaired) electrons. The van der Waals surface area contributed by atoms with Crippen molar-refractivity contribution >= 4 is 11.4 Å². The lowest BCUT2D eigenvalue weighted by molar-refractivity contribution is 0.0357. The highest BCUT2D eigenvalue weighted by Crippen LogP contribution is 2.30. The van der Waals surface area contributed by atoms with E-state index in [0.29, 0.717) is 31.0 Å². The Balaban J connectivity index is 2.68. The van der Waals surface area contributed by atoms with Crippen LogP contribution in [0.4, 0.5) is 11.4 Å². The van der Waals surface area contributed by atoms with Crippen molar-refractivity contribution in [1.82, 2.24) is 0 Å². The number of benzene rings is 1. The summed E-state index contributed by atoms with van der Waals surface area (Å²) in [7, 11) is 1.62. The number of anilines is 2. The van der Waals surface area contributed by atoms with Crippen molar-refractivity contribution in [1.29, 1.82) is 0 Å². The Kier molecular flexibility index (Phi) is 6.10. The van der Waals surface area contributed by atoms with Gasteiger partial charge in [-0.2, -0.15) is 0 Å². The van der Waals surface area contributed by atoms with Crippen LogP contribution in [-0.4, -0.2) is 37.1 Å². The molecule has 1 aromatic rings. The number of rotatable bonds is 8. The van der Waals surface area contributed by atoms with E-state index < -0.39 is 5.60 Å². The molecule has 0 aromatic heterocycles. The second-order valence-corrected chi connectivity index (χ2v) is 5.48. The molecule has 0 fully saturated rings. The molecule has 0 aliphatic carbocycles. The van der Waals surface area contributed by atoms with E-state index in [1.54, 1.807) is 14.0 Å². The van der Waals surface area contributed by atoms with Crippen LogP contribution in [-0.2, 0) is 4.74 Å². The van der Waals surface area contributed by atoms with Crippen molar-refractivity contribution in [2.75, 3.05) is 31.3 Å². The second-order valence-electron chi connectivity index (χ2n) is 5.48. The van der Waals surface area contributed by atoms with Gasteiger partial charge >= 0.3 is 0 Å². The van der Waals surface area contributed by atoms with E-state index >= 15 is 0 Å². The van der Waals surface area contributed by atoms with Gasteiger partial charge in [-0.25, -0.2) is 0 Å². The first-order valence-electron chi connectivity index (χ1n) is 6.86. The van der Waals surface area contributed by atoms with Gasteiger partial charge in [0.15, 0.2) is 0 Å². The van der Waals surface area contributed by atoms with Gasteiger partial charge in [0.25, 0.3) is 0 Å². The van der Waals surface area contributed by atoms with E-state index in [9.17, 15) is 5.11 Å². The van der Waals surface area contributed by atoms with Crippen molar-refractivity contribution in [2.24, 2.45) is 0 Å². The van der Waals surface area contributed by atoms with Gasteiger partial charge < -0.3 is 25.6 Å². The monoisotopic (exact) mass is 282 g/mol. The van der Waals surface area contributed by atoms with Gasteiger partial charge in [0, 0.05) is 26.7 Å². The highest BCUT2D eigenvalue weighted by Gasteiger charge is 2.20. The Bertz CT molecular complexity index is 420. The summed E-state index contributed by atoms with van der Waals surface area (Å²) in [6.07, 6.45) is 0.621. The van der Waals surface area contributed by atoms with Crippen LogP contribution in [0, 0.1) is 0 Å². The van der Waals surface area contributed by atoms with Crippen LogP contribution >= 0.6 is 0 Å². The number of aliphatic hydroxyl groups is 1. The lowest BCUT2D eigenvalue weighted by atomic mass is 10.0. The van der Waals surface area contributed by atoms with Crippen LogP contribution in [0.3, 0.4) is 0 Å². The molecular weight excluding hydrogens is 256 g/mol. The number of nitrogens with two attached hydrogens (primary N) is 1. The van der Waals surface area contributed by atoms with Crippen LogP contribution in [0.25, 0.3) is 0 Å². The third-order valence-corrected chi connectivity index (χ3v) is 2.93. The summed E-state index contributed by atoms with van der Waals surface area (Å²) in [6, 6.07) is 5.58. The molecule has 1 aromatic carbocycles. The van der Waals surface area contributed by atoms with E-state index in [4.69, 9.17) is 15.2 Å². The van der Waals surface area contributed by atoms with E-state index in [-0.39, 0.29) is 6.10 Å². The Labute approximate surface area is 121 Å². The third-order valence-electron chi connectivity index (χ3n) is 2.93. The fourth-order valence-corrected chi connectivity index (χ4v) is 1.75. The minimum Gasteiger partial charge on any atom is -0.489 e. The number of para-hydroxylation sites is 1. The summed E-state index contributed by atoms with van der Waals surface area (Å²) in [4.78, 5) is 0. The predicted octanol–water partition coefficient (Wildman–Crippen LogP) is 2.26. The first-order chi connectivity index (χ1) is 9.35. The number of nitrogens with one attached hydrogen (secondary N) is 1. The van der Waals surface area contributed by atoms with Crippen LogP contribution in [0.15, 0.2) is 18.2 Å². The number of methoxy groups -OCH3 is 1. The molecule has 0 heterocycles. The first-order valence-corrected chi connectivity index (χ1v) is 6.86. The molecule has 0 saturated carbocycles. The Morgan fingerprint density at radius 2 is 2.10 bits per heavy atom. The number of ether oxygens (including phenoxy) is 2. The molecule has 1 unspecified atom stereocenters. The molecule has 0 aliphatic rings. The van der Waals surface area contributed by atoms with Crippen molar-refractivity contribution in [3.8, 4) is 5.75 Å². The van der Waals surface area contributed by atoms with Crippen molar-refractivity contribution in [3.05, 3.63) is 18.2 Å². The minimum absolute atomic E-state index is 0.0670. The molecule has 0 bridgehead atoms. The lowest BCUT2D eigenvalue weighted by Gasteiger charge is -2.24. The molecular formula is C15H26N2O3. The summed E-state index contributed by atoms with van der Waals surface area (Å²) >= 11 is 0. The number of hydrogen-bond donors (Lipinski definition) is 3. The average Bonchev–Trinajstić information content (AvgIpc) is 2.37. The quantitative estimate of drug-likeness (QED) is 0.638. The summed E-state index contributed by atoms with van der Waals surface area (Å²) in [6.45, 7) is 6.58. The van der Waals surface area contributed by atoms with Crippen LogP contribution in [0.1, 0.15) is 27.2 Å². The van der Waals surface area contributed by atoms with Gasteiger partial charge in [-0.15, -0.1) is 0 Å². The van der Waals surface area contributed by atoms with Crippen molar-refractivity contribution < 1.29 is 14.6 Å². The molecule has 1 rings (SSSR count). The normalized spacial score (nSPS) is 14.1. The van der Waals surface area contributed by atoms with Crippen molar-refractivity contribution in [3.63, 3.8) is 0 Å². The molecule has 0 amide bonds. The molecule has 5 heteroatoms. The standard InChI is InChI=1S/C15H26N2O3/c1-11(2)20-13-7-5-6-12(14(13)16)17-10-15(3,18)8-9-19-4/h5-7,11,17-18H,8-10,16H2,1-4H3.